The third-order valence-electron chi connectivity index (χ3n) is 2.89. The lowest BCUT2D eigenvalue weighted by Crippen LogP contribution is -2.15. The monoisotopic (exact) mass is 322 g/mol. The van der Waals surface area contributed by atoms with E-state index in [0.717, 1.165) is 16.8 Å². The van der Waals surface area contributed by atoms with Crippen molar-refractivity contribution < 1.29 is 4.79 Å². The molecular formula is C14H11ClN2OS2. The van der Waals surface area contributed by atoms with E-state index in [-0.39, 0.29) is 5.91 Å². The van der Waals surface area contributed by atoms with Crippen LogP contribution in [0.15, 0.2) is 40.7 Å². The Labute approximate surface area is 128 Å². The molecule has 0 saturated carbocycles. The molecule has 3 nitrogen and oxygen atoms in total. The maximum Gasteiger partial charge on any atom is 0.289 e. The highest BCUT2D eigenvalue weighted by Gasteiger charge is 2.09. The van der Waals surface area contributed by atoms with Crippen LogP contribution in [0.25, 0.3) is 10.2 Å². The molecule has 0 aliphatic heterocycles. The molecule has 102 valence electrons. The molecule has 0 fully saturated rings. The number of thiophene rings is 1. The third kappa shape index (κ3) is 2.44. The summed E-state index contributed by atoms with van der Waals surface area (Å²) >= 11 is 8.90. The van der Waals surface area contributed by atoms with Gasteiger partial charge >= 0.3 is 0 Å². The van der Waals surface area contributed by atoms with E-state index in [1.54, 1.807) is 6.07 Å². The van der Waals surface area contributed by atoms with Crippen molar-refractivity contribution in [2.45, 2.75) is 13.5 Å². The summed E-state index contributed by atoms with van der Waals surface area (Å²) in [6.45, 7) is 2.80. The fourth-order valence-electron chi connectivity index (χ4n) is 1.98. The topological polar surface area (TPSA) is 34.4 Å². The van der Waals surface area contributed by atoms with Crippen LogP contribution in [0.4, 0.5) is 0 Å². The van der Waals surface area contributed by atoms with Crippen LogP contribution in [-0.2, 0) is 6.54 Å². The Morgan fingerprint density at radius 1 is 1.40 bits per heavy atom. The molecule has 0 unspecified atom stereocenters. The zero-order valence-electron chi connectivity index (χ0n) is 10.7. The van der Waals surface area contributed by atoms with Gasteiger partial charge in [0.2, 0.25) is 0 Å². The van der Waals surface area contributed by atoms with Gasteiger partial charge in [0, 0.05) is 11.6 Å². The number of aromatic nitrogens is 1. The molecule has 0 atom stereocenters. The van der Waals surface area contributed by atoms with Crippen molar-refractivity contribution in [2.75, 3.05) is 0 Å². The number of fused-ring (bicyclic) bond motifs is 1. The summed E-state index contributed by atoms with van der Waals surface area (Å²) in [6.07, 6.45) is 0. The average molecular weight is 323 g/mol. The smallest absolute Gasteiger partial charge is 0.289 e. The van der Waals surface area contributed by atoms with Crippen LogP contribution in [0.5, 0.6) is 0 Å². The Kier molecular flexibility index (Phi) is 3.74. The number of carbonyl (C=O) groups is 1. The van der Waals surface area contributed by atoms with Gasteiger partial charge in [0.1, 0.15) is 0 Å². The van der Waals surface area contributed by atoms with Gasteiger partial charge in [-0.25, -0.2) is 0 Å². The fourth-order valence-corrected chi connectivity index (χ4v) is 3.96. The van der Waals surface area contributed by atoms with Crippen LogP contribution < -0.4 is 4.80 Å². The van der Waals surface area contributed by atoms with Crippen molar-refractivity contribution in [3.05, 3.63) is 50.4 Å². The summed E-state index contributed by atoms with van der Waals surface area (Å²) in [5.74, 6) is -0.195. The summed E-state index contributed by atoms with van der Waals surface area (Å²) in [5, 5.41) is 2.57. The molecule has 1 aromatic carbocycles. The van der Waals surface area contributed by atoms with E-state index in [2.05, 4.69) is 4.99 Å². The Morgan fingerprint density at radius 3 is 2.95 bits per heavy atom. The summed E-state index contributed by atoms with van der Waals surface area (Å²) < 4.78 is 3.07. The molecule has 0 saturated heterocycles. The van der Waals surface area contributed by atoms with E-state index < -0.39 is 0 Å². The molecule has 0 N–H and O–H groups in total. The Bertz CT molecular complexity index is 831. The van der Waals surface area contributed by atoms with Crippen LogP contribution in [0, 0.1) is 0 Å². The minimum absolute atomic E-state index is 0.195. The molecule has 2 heterocycles. The highest BCUT2D eigenvalue weighted by Crippen LogP contribution is 2.22. The first-order valence-corrected chi connectivity index (χ1v) is 8.18. The Morgan fingerprint density at radius 2 is 2.25 bits per heavy atom. The molecule has 0 aliphatic rings. The predicted molar refractivity (Wildman–Crippen MR) is 84.7 cm³/mol. The van der Waals surface area contributed by atoms with E-state index in [1.807, 2.05) is 41.1 Å². The SMILES string of the molecule is CCn1c(=NC(=O)c2cccs2)sc2cc(Cl)ccc21. The number of amides is 1. The van der Waals surface area contributed by atoms with Crippen LogP contribution >= 0.6 is 34.3 Å². The maximum absolute atomic E-state index is 12.1. The standard InChI is InChI=1S/C14H11ClN2OS2/c1-2-17-10-6-5-9(15)8-12(10)20-14(17)16-13(18)11-4-3-7-19-11/h3-8H,2H2,1H3. The largest absolute Gasteiger partial charge is 0.317 e. The Balaban J connectivity index is 2.18. The van der Waals surface area contributed by atoms with Crippen LogP contribution in [0.3, 0.4) is 0 Å². The Hall–Kier alpha value is -1.43. The first-order chi connectivity index (χ1) is 9.69. The minimum Gasteiger partial charge on any atom is -0.317 e. The van der Waals surface area contributed by atoms with Crippen LogP contribution in [0.2, 0.25) is 5.02 Å². The van der Waals surface area contributed by atoms with Gasteiger partial charge in [-0.15, -0.1) is 11.3 Å². The van der Waals surface area contributed by atoms with Crippen molar-refractivity contribution in [1.29, 1.82) is 0 Å². The number of hydrogen-bond acceptors (Lipinski definition) is 3. The molecule has 3 rings (SSSR count). The van der Waals surface area contributed by atoms with Gasteiger partial charge in [0.15, 0.2) is 4.80 Å². The fraction of sp³-hybridized carbons (Fsp3) is 0.143. The number of rotatable bonds is 2. The third-order valence-corrected chi connectivity index (χ3v) is 5.02. The highest BCUT2D eigenvalue weighted by atomic mass is 35.5. The van der Waals surface area contributed by atoms with Gasteiger partial charge in [-0.05, 0) is 36.6 Å². The van der Waals surface area contributed by atoms with E-state index in [9.17, 15) is 4.79 Å². The number of aryl methyl sites for hydroxylation is 1. The molecule has 0 bridgehead atoms. The van der Waals surface area contributed by atoms with Gasteiger partial charge in [0.25, 0.3) is 5.91 Å². The first kappa shape index (κ1) is 13.5. The number of nitrogens with zero attached hydrogens (tertiary/aromatic N) is 2. The molecule has 6 heteroatoms. The van der Waals surface area contributed by atoms with Crippen LogP contribution in [0.1, 0.15) is 16.6 Å². The van der Waals surface area contributed by atoms with Gasteiger partial charge in [-0.2, -0.15) is 4.99 Å². The lowest BCUT2D eigenvalue weighted by molar-refractivity contribution is 0.100. The summed E-state index contributed by atoms with van der Waals surface area (Å²) in [4.78, 5) is 17.7. The van der Waals surface area contributed by atoms with E-state index in [1.165, 1.54) is 22.7 Å². The van der Waals surface area contributed by atoms with Crippen molar-refractivity contribution in [3.8, 4) is 0 Å². The van der Waals surface area contributed by atoms with Crippen molar-refractivity contribution >= 4 is 50.4 Å². The highest BCUT2D eigenvalue weighted by molar-refractivity contribution is 7.16. The van der Waals surface area contributed by atoms with Crippen molar-refractivity contribution in [2.24, 2.45) is 4.99 Å². The molecule has 0 aliphatic carbocycles. The van der Waals surface area contributed by atoms with E-state index in [0.29, 0.717) is 14.7 Å². The average Bonchev–Trinajstić information content (AvgIpc) is 3.04. The normalized spacial score (nSPS) is 12.2. The zero-order chi connectivity index (χ0) is 14.1. The molecule has 2 aromatic heterocycles. The second kappa shape index (κ2) is 5.52. The van der Waals surface area contributed by atoms with Gasteiger partial charge in [-0.1, -0.05) is 29.0 Å². The predicted octanol–water partition coefficient (Wildman–Crippen LogP) is 4.18. The maximum atomic E-state index is 12.1. The summed E-state index contributed by atoms with van der Waals surface area (Å²) in [5.41, 5.74) is 1.06. The summed E-state index contributed by atoms with van der Waals surface area (Å²) in [7, 11) is 0. The van der Waals surface area contributed by atoms with Gasteiger partial charge < -0.3 is 4.57 Å². The van der Waals surface area contributed by atoms with Gasteiger partial charge in [-0.3, -0.25) is 4.79 Å². The first-order valence-electron chi connectivity index (χ1n) is 6.10. The molecule has 3 aromatic rings. The second-order valence-electron chi connectivity index (χ2n) is 4.14. The molecule has 20 heavy (non-hydrogen) atoms. The number of halogens is 1. The lowest BCUT2D eigenvalue weighted by atomic mass is 10.3. The molecule has 0 spiro atoms. The van der Waals surface area contributed by atoms with Crippen molar-refractivity contribution in [3.63, 3.8) is 0 Å². The van der Waals surface area contributed by atoms with Gasteiger partial charge in [0.05, 0.1) is 15.1 Å². The van der Waals surface area contributed by atoms with Crippen molar-refractivity contribution in [1.82, 2.24) is 4.57 Å². The summed E-state index contributed by atoms with van der Waals surface area (Å²) in [6, 6.07) is 9.37. The molecular weight excluding hydrogens is 312 g/mol. The number of carbonyl (C=O) groups excluding carboxylic acids is 1. The number of hydrogen-bond donors (Lipinski definition) is 0. The van der Waals surface area contributed by atoms with Crippen LogP contribution in [-0.4, -0.2) is 10.5 Å². The minimum atomic E-state index is -0.195. The number of thiazole rings is 1. The second-order valence-corrected chi connectivity index (χ2v) is 6.53. The van der Waals surface area contributed by atoms with E-state index in [4.69, 9.17) is 11.6 Å². The quantitative estimate of drug-likeness (QED) is 0.697. The molecule has 1 amide bonds. The number of benzene rings is 1. The lowest BCUT2D eigenvalue weighted by Gasteiger charge is -1.99. The van der Waals surface area contributed by atoms with E-state index >= 15 is 0 Å². The zero-order valence-corrected chi connectivity index (χ0v) is 13.1. The molecule has 0 radical (unpaired) electrons.